The topological polar surface area (TPSA) is 94.6 Å². The number of fused-ring (bicyclic) bond motifs is 1. The summed E-state index contributed by atoms with van der Waals surface area (Å²) in [6, 6.07) is 10.4. The van der Waals surface area contributed by atoms with E-state index in [4.69, 9.17) is 11.6 Å². The molecule has 3 amide bonds. The number of piperidine rings is 1. The molecule has 0 atom stereocenters. The van der Waals surface area contributed by atoms with Crippen LogP contribution in [-0.4, -0.2) is 40.0 Å². The van der Waals surface area contributed by atoms with Crippen molar-refractivity contribution in [3.63, 3.8) is 0 Å². The van der Waals surface area contributed by atoms with E-state index in [1.807, 2.05) is 12.1 Å². The van der Waals surface area contributed by atoms with Gasteiger partial charge in [-0.25, -0.2) is 9.78 Å². The lowest BCUT2D eigenvalue weighted by Crippen LogP contribution is -2.43. The first-order valence-electron chi connectivity index (χ1n) is 10.2. The second kappa shape index (κ2) is 9.11. The molecule has 0 saturated carbocycles. The molecule has 1 saturated heterocycles. The van der Waals surface area contributed by atoms with Gasteiger partial charge in [0.2, 0.25) is 5.91 Å². The average Bonchev–Trinajstić information content (AvgIpc) is 3.17. The lowest BCUT2D eigenvalue weighted by Gasteiger charge is -2.31. The van der Waals surface area contributed by atoms with E-state index in [9.17, 15) is 14.7 Å². The zero-order valence-electron chi connectivity index (χ0n) is 17.0. The average molecular weight is 459 g/mol. The number of carbonyl (C=O) groups excluding carboxylic acids is 2. The number of likely N-dealkylation sites (tertiary alicyclic amines) is 1. The second-order valence-corrected chi connectivity index (χ2v) is 8.98. The number of thiazole rings is 1. The van der Waals surface area contributed by atoms with Gasteiger partial charge >= 0.3 is 6.03 Å². The van der Waals surface area contributed by atoms with E-state index in [1.165, 1.54) is 29.0 Å². The predicted octanol–water partition coefficient (Wildman–Crippen LogP) is 5.10. The summed E-state index contributed by atoms with van der Waals surface area (Å²) in [6.07, 6.45) is 2.04. The summed E-state index contributed by atoms with van der Waals surface area (Å²) in [5.74, 6) is -0.454. The fourth-order valence-corrected chi connectivity index (χ4v) is 4.69. The third kappa shape index (κ3) is 4.91. The Balaban J connectivity index is 1.32. The van der Waals surface area contributed by atoms with Crippen LogP contribution in [0.3, 0.4) is 0 Å². The number of rotatable bonds is 4. The minimum atomic E-state index is -0.239. The Kier molecular flexibility index (Phi) is 6.29. The molecule has 1 aliphatic rings. The highest BCUT2D eigenvalue weighted by Gasteiger charge is 2.28. The minimum Gasteiger partial charge on any atom is -0.506 e. The molecule has 0 unspecified atom stereocenters. The number of nitrogens with zero attached hydrogens (tertiary/aromatic N) is 2. The van der Waals surface area contributed by atoms with Crippen molar-refractivity contribution in [1.82, 2.24) is 9.88 Å². The van der Waals surface area contributed by atoms with Crippen LogP contribution in [0.5, 0.6) is 5.75 Å². The number of phenolic OH excluding ortho intramolecular Hbond substituents is 1. The van der Waals surface area contributed by atoms with Gasteiger partial charge in [0.25, 0.3) is 0 Å². The van der Waals surface area contributed by atoms with Crippen LogP contribution in [0, 0.1) is 5.92 Å². The molecule has 0 radical (unpaired) electrons. The maximum absolute atomic E-state index is 12.7. The van der Waals surface area contributed by atoms with E-state index in [1.54, 1.807) is 11.0 Å². The van der Waals surface area contributed by atoms with Gasteiger partial charge < -0.3 is 15.3 Å². The van der Waals surface area contributed by atoms with Gasteiger partial charge in [-0.05, 0) is 55.2 Å². The zero-order valence-corrected chi connectivity index (χ0v) is 18.6. The van der Waals surface area contributed by atoms with Crippen molar-refractivity contribution in [2.45, 2.75) is 26.2 Å². The molecule has 162 valence electrons. The summed E-state index contributed by atoms with van der Waals surface area (Å²) in [5.41, 5.74) is 2.40. The number of phenols is 1. The maximum atomic E-state index is 12.7. The lowest BCUT2D eigenvalue weighted by molar-refractivity contribution is -0.121. The molecule has 7 nitrogen and oxygen atoms in total. The van der Waals surface area contributed by atoms with Crippen molar-refractivity contribution in [1.29, 1.82) is 0 Å². The van der Waals surface area contributed by atoms with E-state index < -0.39 is 0 Å². The van der Waals surface area contributed by atoms with Crippen LogP contribution in [0.25, 0.3) is 10.2 Å². The van der Waals surface area contributed by atoms with Gasteiger partial charge in [0, 0.05) is 24.0 Å². The van der Waals surface area contributed by atoms with E-state index in [0.717, 1.165) is 16.6 Å². The third-order valence-corrected chi connectivity index (χ3v) is 6.61. The molecule has 3 aromatic rings. The Bertz CT molecular complexity index is 1130. The van der Waals surface area contributed by atoms with Crippen LogP contribution < -0.4 is 10.6 Å². The monoisotopic (exact) mass is 458 g/mol. The molecule has 2 heterocycles. The fraction of sp³-hybridized carbons (Fsp3) is 0.318. The summed E-state index contributed by atoms with van der Waals surface area (Å²) in [5, 5.41) is 16.5. The number of urea groups is 1. The molecule has 0 bridgehead atoms. The van der Waals surface area contributed by atoms with Crippen molar-refractivity contribution in [2.75, 3.05) is 23.7 Å². The van der Waals surface area contributed by atoms with Crippen LogP contribution in [-0.2, 0) is 11.2 Å². The number of amides is 3. The normalized spacial score (nSPS) is 14.6. The summed E-state index contributed by atoms with van der Waals surface area (Å²) >= 11 is 7.39. The Morgan fingerprint density at radius 1 is 1.19 bits per heavy atom. The van der Waals surface area contributed by atoms with Gasteiger partial charge in [0.1, 0.15) is 5.75 Å². The first-order valence-corrected chi connectivity index (χ1v) is 11.4. The summed E-state index contributed by atoms with van der Waals surface area (Å²) in [4.78, 5) is 31.4. The standard InChI is InChI=1S/C22H23ClN4O3S/c1-2-13-3-5-16-19(11-13)31-21(25-16)26-22(30)27-9-7-14(8-10-27)20(29)24-17-12-15(23)4-6-18(17)28/h3-6,11-12,14,28H,2,7-10H2,1H3,(H,24,29)(H,25,26,30). The predicted molar refractivity (Wildman–Crippen MR) is 124 cm³/mol. The largest absolute Gasteiger partial charge is 0.506 e. The summed E-state index contributed by atoms with van der Waals surface area (Å²) in [6.45, 7) is 3.04. The maximum Gasteiger partial charge on any atom is 0.323 e. The molecule has 2 aromatic carbocycles. The smallest absolute Gasteiger partial charge is 0.323 e. The molecular formula is C22H23ClN4O3S. The third-order valence-electron chi connectivity index (χ3n) is 5.44. The fourth-order valence-electron chi connectivity index (χ4n) is 3.60. The minimum absolute atomic E-state index is 0.0311. The zero-order chi connectivity index (χ0) is 22.0. The summed E-state index contributed by atoms with van der Waals surface area (Å²) in [7, 11) is 0. The molecule has 1 fully saturated rings. The van der Waals surface area contributed by atoms with Gasteiger partial charge in [0.05, 0.1) is 15.9 Å². The quantitative estimate of drug-likeness (QED) is 0.474. The molecular weight excluding hydrogens is 436 g/mol. The lowest BCUT2D eigenvalue weighted by atomic mass is 9.96. The molecule has 1 aliphatic heterocycles. The highest BCUT2D eigenvalue weighted by atomic mass is 35.5. The van der Waals surface area contributed by atoms with Crippen molar-refractivity contribution < 1.29 is 14.7 Å². The van der Waals surface area contributed by atoms with Crippen LogP contribution in [0.1, 0.15) is 25.3 Å². The molecule has 0 spiro atoms. The number of hydrogen-bond acceptors (Lipinski definition) is 5. The number of benzene rings is 2. The number of anilines is 2. The number of aromatic hydroxyl groups is 1. The number of halogens is 1. The number of hydrogen-bond donors (Lipinski definition) is 3. The highest BCUT2D eigenvalue weighted by molar-refractivity contribution is 7.22. The second-order valence-electron chi connectivity index (χ2n) is 7.52. The van der Waals surface area contributed by atoms with Gasteiger partial charge in [-0.1, -0.05) is 35.9 Å². The summed E-state index contributed by atoms with van der Waals surface area (Å²) < 4.78 is 1.05. The first kappa shape index (κ1) is 21.4. The van der Waals surface area contributed by atoms with Crippen LogP contribution in [0.4, 0.5) is 15.6 Å². The van der Waals surface area contributed by atoms with E-state index >= 15 is 0 Å². The van der Waals surface area contributed by atoms with Gasteiger partial charge in [0.15, 0.2) is 5.13 Å². The van der Waals surface area contributed by atoms with Gasteiger partial charge in [-0.15, -0.1) is 0 Å². The highest BCUT2D eigenvalue weighted by Crippen LogP contribution is 2.29. The first-order chi connectivity index (χ1) is 14.9. The Labute approximate surface area is 189 Å². The number of carbonyl (C=O) groups is 2. The van der Waals surface area contributed by atoms with Gasteiger partial charge in [-0.2, -0.15) is 0 Å². The molecule has 3 N–H and O–H groups in total. The van der Waals surface area contributed by atoms with Crippen molar-refractivity contribution in [3.05, 3.63) is 47.0 Å². The van der Waals surface area contributed by atoms with Crippen molar-refractivity contribution in [3.8, 4) is 5.75 Å². The van der Waals surface area contributed by atoms with Crippen LogP contribution >= 0.6 is 22.9 Å². The van der Waals surface area contributed by atoms with Crippen LogP contribution in [0.2, 0.25) is 5.02 Å². The molecule has 1 aromatic heterocycles. The number of aromatic nitrogens is 1. The van der Waals surface area contributed by atoms with Crippen molar-refractivity contribution in [2.24, 2.45) is 5.92 Å². The number of aryl methyl sites for hydroxylation is 1. The van der Waals surface area contributed by atoms with E-state index in [2.05, 4.69) is 28.6 Å². The van der Waals surface area contributed by atoms with E-state index in [0.29, 0.717) is 41.8 Å². The molecule has 0 aliphatic carbocycles. The van der Waals surface area contributed by atoms with Crippen LogP contribution in [0.15, 0.2) is 36.4 Å². The molecule has 9 heteroatoms. The van der Waals surface area contributed by atoms with E-state index in [-0.39, 0.29) is 23.6 Å². The Hall–Kier alpha value is -2.84. The number of nitrogens with one attached hydrogen (secondary N) is 2. The Morgan fingerprint density at radius 3 is 2.71 bits per heavy atom. The van der Waals surface area contributed by atoms with Gasteiger partial charge in [-0.3, -0.25) is 10.1 Å². The Morgan fingerprint density at radius 2 is 1.97 bits per heavy atom. The molecule has 4 rings (SSSR count). The molecule has 31 heavy (non-hydrogen) atoms. The van der Waals surface area contributed by atoms with Crippen molar-refractivity contribution >= 4 is 55.9 Å². The SMILES string of the molecule is CCc1ccc2nc(NC(=O)N3CCC(C(=O)Nc4cc(Cl)ccc4O)CC3)sc2c1.